The lowest BCUT2D eigenvalue weighted by Crippen LogP contribution is -2.58. The zero-order chi connectivity index (χ0) is 24.9. The number of carbonyl (C=O) groups is 4. The van der Waals surface area contributed by atoms with Crippen LogP contribution in [0.15, 0.2) is 54.6 Å². The van der Waals surface area contributed by atoms with E-state index in [4.69, 9.17) is 0 Å². The lowest BCUT2D eigenvalue weighted by molar-refractivity contribution is -0.150. The molecular formula is C27H31N3O5. The van der Waals surface area contributed by atoms with Crippen LogP contribution in [-0.4, -0.2) is 53.3 Å². The summed E-state index contributed by atoms with van der Waals surface area (Å²) in [5, 5.41) is 18.1. The van der Waals surface area contributed by atoms with E-state index >= 15 is 0 Å². The Morgan fingerprint density at radius 1 is 1.03 bits per heavy atom. The average molecular weight is 478 g/mol. The highest BCUT2D eigenvalue weighted by Crippen LogP contribution is 2.31. The second-order valence-corrected chi connectivity index (χ2v) is 9.46. The number of benzene rings is 2. The van der Waals surface area contributed by atoms with Crippen molar-refractivity contribution in [3.8, 4) is 11.1 Å². The summed E-state index contributed by atoms with van der Waals surface area (Å²) in [6.45, 7) is 1.79. The van der Waals surface area contributed by atoms with E-state index in [0.717, 1.165) is 16.7 Å². The summed E-state index contributed by atoms with van der Waals surface area (Å²) in [6, 6.07) is 16.7. The van der Waals surface area contributed by atoms with E-state index in [2.05, 4.69) is 16.0 Å². The molecule has 8 nitrogen and oxygen atoms in total. The van der Waals surface area contributed by atoms with Gasteiger partial charge in [-0.3, -0.25) is 19.2 Å². The highest BCUT2D eigenvalue weighted by Gasteiger charge is 2.44. The molecule has 2 amide bonds. The van der Waals surface area contributed by atoms with Crippen molar-refractivity contribution in [2.24, 2.45) is 11.8 Å². The smallest absolute Gasteiger partial charge is 0.315 e. The molecule has 2 aromatic rings. The fourth-order valence-electron chi connectivity index (χ4n) is 5.01. The summed E-state index contributed by atoms with van der Waals surface area (Å²) in [5.41, 5.74) is 3.02. The standard InChI is InChI=1S/C27H31N3O5/c1-16(29-24(31)13-17-7-9-19(10-8-17)18-5-3-2-4-6-18)26(33)30-20-11-12-23-21(14-20)25(32)22(15-28-23)27(34)35/h2-10,16,20-23,28H,11-15H2,1H3,(H,29,31)(H,30,33)(H,34,35)/t16-,20?,21?,22?,23?/m0/s1. The van der Waals surface area contributed by atoms with Crippen molar-refractivity contribution in [1.82, 2.24) is 16.0 Å². The number of amides is 2. The monoisotopic (exact) mass is 477 g/mol. The molecular weight excluding hydrogens is 446 g/mol. The van der Waals surface area contributed by atoms with Crippen LogP contribution in [0.2, 0.25) is 0 Å². The quantitative estimate of drug-likeness (QED) is 0.452. The fourth-order valence-corrected chi connectivity index (χ4v) is 5.01. The van der Waals surface area contributed by atoms with Gasteiger partial charge in [0.25, 0.3) is 0 Å². The molecule has 2 fully saturated rings. The Bertz CT molecular complexity index is 1090. The van der Waals surface area contributed by atoms with Crippen LogP contribution in [0, 0.1) is 11.8 Å². The van der Waals surface area contributed by atoms with E-state index in [1.165, 1.54) is 0 Å². The number of Topliss-reactive ketones (excluding diaryl/α,β-unsaturated/α-hetero) is 1. The van der Waals surface area contributed by atoms with Crippen molar-refractivity contribution in [2.45, 2.75) is 50.7 Å². The van der Waals surface area contributed by atoms with Crippen molar-refractivity contribution in [3.05, 3.63) is 60.2 Å². The third kappa shape index (κ3) is 5.95. The molecule has 1 aliphatic carbocycles. The van der Waals surface area contributed by atoms with E-state index in [9.17, 15) is 24.3 Å². The fraction of sp³-hybridized carbons (Fsp3) is 0.407. The largest absolute Gasteiger partial charge is 0.481 e. The van der Waals surface area contributed by atoms with Crippen LogP contribution in [0.4, 0.5) is 0 Å². The first-order valence-corrected chi connectivity index (χ1v) is 12.1. The van der Waals surface area contributed by atoms with Gasteiger partial charge < -0.3 is 21.1 Å². The molecule has 5 atom stereocenters. The van der Waals surface area contributed by atoms with Gasteiger partial charge in [0.2, 0.25) is 11.8 Å². The van der Waals surface area contributed by atoms with Gasteiger partial charge in [-0.25, -0.2) is 0 Å². The number of ketones is 1. The Morgan fingerprint density at radius 3 is 2.40 bits per heavy atom. The minimum Gasteiger partial charge on any atom is -0.481 e. The first-order valence-electron chi connectivity index (χ1n) is 12.1. The highest BCUT2D eigenvalue weighted by atomic mass is 16.4. The number of aliphatic carboxylic acids is 1. The Hall–Kier alpha value is -3.52. The average Bonchev–Trinajstić information content (AvgIpc) is 2.85. The molecule has 35 heavy (non-hydrogen) atoms. The molecule has 2 aromatic carbocycles. The zero-order valence-electron chi connectivity index (χ0n) is 19.7. The number of rotatable bonds is 7. The third-order valence-corrected chi connectivity index (χ3v) is 6.98. The topological polar surface area (TPSA) is 125 Å². The van der Waals surface area contributed by atoms with Crippen molar-refractivity contribution >= 4 is 23.6 Å². The number of carboxylic acid groups (broad SMARTS) is 1. The summed E-state index contributed by atoms with van der Waals surface area (Å²) in [7, 11) is 0. The van der Waals surface area contributed by atoms with Crippen LogP contribution in [0.5, 0.6) is 0 Å². The van der Waals surface area contributed by atoms with Crippen LogP contribution in [-0.2, 0) is 25.6 Å². The molecule has 4 unspecified atom stereocenters. The molecule has 8 heteroatoms. The van der Waals surface area contributed by atoms with Gasteiger partial charge in [0, 0.05) is 24.5 Å². The number of piperidine rings is 1. The number of carbonyl (C=O) groups excluding carboxylic acids is 3. The number of hydrogen-bond donors (Lipinski definition) is 4. The van der Waals surface area contributed by atoms with Gasteiger partial charge >= 0.3 is 5.97 Å². The molecule has 4 rings (SSSR count). The highest BCUT2D eigenvalue weighted by molar-refractivity contribution is 6.00. The third-order valence-electron chi connectivity index (χ3n) is 6.98. The van der Waals surface area contributed by atoms with Crippen molar-refractivity contribution in [3.63, 3.8) is 0 Å². The number of nitrogens with one attached hydrogen (secondary N) is 3. The lowest BCUT2D eigenvalue weighted by Gasteiger charge is -2.41. The van der Waals surface area contributed by atoms with Gasteiger partial charge in [-0.05, 0) is 42.9 Å². The van der Waals surface area contributed by atoms with E-state index in [0.29, 0.717) is 19.3 Å². The molecule has 0 spiro atoms. The van der Waals surface area contributed by atoms with Gasteiger partial charge in [-0.2, -0.15) is 0 Å². The van der Waals surface area contributed by atoms with Crippen LogP contribution < -0.4 is 16.0 Å². The van der Waals surface area contributed by atoms with Crippen LogP contribution in [0.1, 0.15) is 31.7 Å². The Balaban J connectivity index is 1.26. The molecule has 2 aliphatic rings. The second-order valence-electron chi connectivity index (χ2n) is 9.46. The first-order chi connectivity index (χ1) is 16.8. The minimum atomic E-state index is -1.11. The maximum Gasteiger partial charge on any atom is 0.315 e. The summed E-state index contributed by atoms with van der Waals surface area (Å²) >= 11 is 0. The van der Waals surface area contributed by atoms with Gasteiger partial charge in [0.1, 0.15) is 12.0 Å². The molecule has 1 heterocycles. The van der Waals surface area contributed by atoms with E-state index in [1.807, 2.05) is 54.6 Å². The normalized spacial score (nSPS) is 24.7. The van der Waals surface area contributed by atoms with Gasteiger partial charge in [-0.15, -0.1) is 0 Å². The molecule has 1 saturated heterocycles. The Kier molecular flexibility index (Phi) is 7.60. The summed E-state index contributed by atoms with van der Waals surface area (Å²) in [4.78, 5) is 49.1. The van der Waals surface area contributed by atoms with Crippen LogP contribution in [0.25, 0.3) is 11.1 Å². The molecule has 0 aromatic heterocycles. The molecule has 1 saturated carbocycles. The molecule has 1 aliphatic heterocycles. The molecule has 184 valence electrons. The van der Waals surface area contributed by atoms with E-state index < -0.39 is 23.8 Å². The predicted octanol–water partition coefficient (Wildman–Crippen LogP) is 1.93. The van der Waals surface area contributed by atoms with Crippen molar-refractivity contribution in [2.75, 3.05) is 6.54 Å². The number of fused-ring (bicyclic) bond motifs is 1. The predicted molar refractivity (Wildman–Crippen MR) is 130 cm³/mol. The van der Waals surface area contributed by atoms with E-state index in [1.54, 1.807) is 6.92 Å². The minimum absolute atomic E-state index is 0.0448. The maximum atomic E-state index is 12.7. The molecule has 4 N–H and O–H groups in total. The Morgan fingerprint density at radius 2 is 1.71 bits per heavy atom. The number of carboxylic acids is 1. The Labute approximate surface area is 204 Å². The van der Waals surface area contributed by atoms with Gasteiger partial charge in [-0.1, -0.05) is 54.6 Å². The summed E-state index contributed by atoms with van der Waals surface area (Å²) in [5.74, 6) is -3.40. The van der Waals surface area contributed by atoms with Crippen LogP contribution in [0.3, 0.4) is 0 Å². The maximum absolute atomic E-state index is 12.7. The lowest BCUT2D eigenvalue weighted by atomic mass is 9.73. The van der Waals surface area contributed by atoms with Gasteiger partial charge in [0.05, 0.1) is 6.42 Å². The summed E-state index contributed by atoms with van der Waals surface area (Å²) in [6.07, 6.45) is 1.95. The molecule has 0 bridgehead atoms. The SMILES string of the molecule is C[C@H](NC(=O)Cc1ccc(-c2ccccc2)cc1)C(=O)NC1CCC2NCC(C(=O)O)C(=O)C2C1. The van der Waals surface area contributed by atoms with Gasteiger partial charge in [0.15, 0.2) is 5.78 Å². The van der Waals surface area contributed by atoms with Crippen molar-refractivity contribution < 1.29 is 24.3 Å². The van der Waals surface area contributed by atoms with Crippen LogP contribution >= 0.6 is 0 Å². The first kappa shape index (κ1) is 24.6. The second kappa shape index (κ2) is 10.8. The zero-order valence-corrected chi connectivity index (χ0v) is 19.7. The summed E-state index contributed by atoms with van der Waals surface area (Å²) < 4.78 is 0. The van der Waals surface area contributed by atoms with E-state index in [-0.39, 0.29) is 42.6 Å². The molecule has 0 radical (unpaired) electrons. The number of hydrogen-bond acceptors (Lipinski definition) is 5. The van der Waals surface area contributed by atoms with Crippen molar-refractivity contribution in [1.29, 1.82) is 0 Å².